The van der Waals surface area contributed by atoms with Gasteiger partial charge in [0.2, 0.25) is 0 Å². The first-order valence-corrected chi connectivity index (χ1v) is 10.0. The fraction of sp³-hybridized carbons (Fsp3) is 0.318. The van der Waals surface area contributed by atoms with Crippen LogP contribution in [0.25, 0.3) is 0 Å². The van der Waals surface area contributed by atoms with Crippen molar-refractivity contribution in [2.75, 3.05) is 18.4 Å². The largest absolute Gasteiger partial charge is 0.487 e. The lowest BCUT2D eigenvalue weighted by atomic mass is 10.0. The molecule has 2 atom stereocenters. The Morgan fingerprint density at radius 1 is 1.20 bits per heavy atom. The van der Waals surface area contributed by atoms with Crippen LogP contribution in [-0.2, 0) is 4.79 Å². The monoisotopic (exact) mass is 406 g/mol. The molecular weight excluding hydrogens is 384 g/mol. The number of hydrogen-bond acceptors (Lipinski definition) is 5. The number of urea groups is 1. The van der Waals surface area contributed by atoms with Gasteiger partial charge in [-0.2, -0.15) is 5.10 Å². The lowest BCUT2D eigenvalue weighted by molar-refractivity contribution is -0.122. The van der Waals surface area contributed by atoms with Gasteiger partial charge in [-0.3, -0.25) is 4.79 Å². The van der Waals surface area contributed by atoms with Crippen LogP contribution in [0.5, 0.6) is 11.5 Å². The van der Waals surface area contributed by atoms with E-state index >= 15 is 0 Å². The second kappa shape index (κ2) is 7.37. The van der Waals surface area contributed by atoms with Gasteiger partial charge in [-0.1, -0.05) is 30.3 Å². The van der Waals surface area contributed by atoms with Gasteiger partial charge in [-0.15, -0.1) is 0 Å². The maximum Gasteiger partial charge on any atom is 0.341 e. The molecule has 2 aromatic carbocycles. The van der Waals surface area contributed by atoms with Crippen LogP contribution in [0.1, 0.15) is 24.9 Å². The Hall–Kier alpha value is -3.55. The third kappa shape index (κ3) is 3.34. The normalized spacial score (nSPS) is 22.8. The molecule has 3 heterocycles. The highest BCUT2D eigenvalue weighted by molar-refractivity contribution is 5.97. The molecule has 3 amide bonds. The molecule has 0 bridgehead atoms. The number of anilines is 1. The summed E-state index contributed by atoms with van der Waals surface area (Å²) in [5.74, 6) is 1.07. The van der Waals surface area contributed by atoms with E-state index < -0.39 is 6.10 Å². The Labute approximate surface area is 174 Å². The van der Waals surface area contributed by atoms with Crippen LogP contribution in [0.3, 0.4) is 0 Å². The van der Waals surface area contributed by atoms with Crippen LogP contribution in [-0.4, -0.2) is 53.4 Å². The zero-order valence-corrected chi connectivity index (χ0v) is 16.5. The number of ether oxygens (including phenoxy) is 2. The van der Waals surface area contributed by atoms with Gasteiger partial charge in [-0.25, -0.2) is 9.80 Å². The van der Waals surface area contributed by atoms with Gasteiger partial charge in [-0.05, 0) is 24.6 Å². The molecule has 8 heteroatoms. The van der Waals surface area contributed by atoms with Crippen molar-refractivity contribution < 1.29 is 19.1 Å². The SMILES string of the molecule is CC1Oc2ccc(OC3CN(C(=O)N4N=CCC4c4ccccc4)C3)cc2NC1=O. The van der Waals surface area contributed by atoms with Gasteiger partial charge >= 0.3 is 6.03 Å². The van der Waals surface area contributed by atoms with E-state index in [0.29, 0.717) is 36.7 Å². The van der Waals surface area contributed by atoms with E-state index in [1.165, 1.54) is 0 Å². The molecule has 0 spiro atoms. The summed E-state index contributed by atoms with van der Waals surface area (Å²) in [6, 6.07) is 15.1. The van der Waals surface area contributed by atoms with Gasteiger partial charge in [0.25, 0.3) is 5.91 Å². The molecule has 154 valence electrons. The summed E-state index contributed by atoms with van der Waals surface area (Å²) in [6.45, 7) is 2.68. The predicted molar refractivity (Wildman–Crippen MR) is 111 cm³/mol. The predicted octanol–water partition coefficient (Wildman–Crippen LogP) is 3.02. The molecule has 30 heavy (non-hydrogen) atoms. The Kier molecular flexibility index (Phi) is 4.54. The van der Waals surface area contributed by atoms with E-state index in [4.69, 9.17) is 9.47 Å². The number of amides is 3. The van der Waals surface area contributed by atoms with Crippen molar-refractivity contribution in [2.45, 2.75) is 31.6 Å². The van der Waals surface area contributed by atoms with Crippen LogP contribution in [0.4, 0.5) is 10.5 Å². The quantitative estimate of drug-likeness (QED) is 0.849. The first-order valence-electron chi connectivity index (χ1n) is 10.0. The van der Waals surface area contributed by atoms with E-state index in [1.807, 2.05) is 36.4 Å². The third-order valence-corrected chi connectivity index (χ3v) is 5.51. The minimum absolute atomic E-state index is 0.0645. The number of nitrogens with one attached hydrogen (secondary N) is 1. The summed E-state index contributed by atoms with van der Waals surface area (Å²) in [6.07, 6.45) is 1.88. The first-order chi connectivity index (χ1) is 14.6. The van der Waals surface area contributed by atoms with E-state index in [9.17, 15) is 9.59 Å². The number of carbonyl (C=O) groups excluding carboxylic acids is 2. The highest BCUT2D eigenvalue weighted by Crippen LogP contribution is 2.34. The number of carbonyl (C=O) groups is 2. The molecular formula is C22H22N4O4. The van der Waals surface area contributed by atoms with E-state index in [-0.39, 0.29) is 24.1 Å². The minimum Gasteiger partial charge on any atom is -0.487 e. The number of benzene rings is 2. The van der Waals surface area contributed by atoms with Crippen molar-refractivity contribution in [3.05, 3.63) is 54.1 Å². The van der Waals surface area contributed by atoms with Gasteiger partial charge in [0, 0.05) is 18.7 Å². The van der Waals surface area contributed by atoms with Crippen molar-refractivity contribution in [2.24, 2.45) is 5.10 Å². The lowest BCUT2D eigenvalue weighted by Gasteiger charge is -2.41. The smallest absolute Gasteiger partial charge is 0.341 e. The molecule has 0 aliphatic carbocycles. The summed E-state index contributed by atoms with van der Waals surface area (Å²) < 4.78 is 11.5. The number of nitrogens with zero attached hydrogens (tertiary/aromatic N) is 3. The molecule has 8 nitrogen and oxygen atoms in total. The standard InChI is InChI=1S/C22H22N4O4/c1-14-21(27)24-18-11-16(7-8-20(18)29-14)30-17-12-25(13-17)22(28)26-19(9-10-23-26)15-5-3-2-4-6-15/h2-8,10-11,14,17,19H,9,12-13H2,1H3,(H,24,27). The summed E-state index contributed by atoms with van der Waals surface area (Å²) >= 11 is 0. The molecule has 0 aromatic heterocycles. The van der Waals surface area contributed by atoms with E-state index in [0.717, 1.165) is 5.56 Å². The second-order valence-corrected chi connectivity index (χ2v) is 7.64. The van der Waals surface area contributed by atoms with Crippen LogP contribution < -0.4 is 14.8 Å². The Morgan fingerprint density at radius 2 is 2.00 bits per heavy atom. The van der Waals surface area contributed by atoms with Gasteiger partial charge in [0.05, 0.1) is 24.8 Å². The molecule has 1 fully saturated rings. The van der Waals surface area contributed by atoms with Gasteiger partial charge in [0.15, 0.2) is 6.10 Å². The molecule has 1 saturated heterocycles. The summed E-state index contributed by atoms with van der Waals surface area (Å²) in [7, 11) is 0. The summed E-state index contributed by atoms with van der Waals surface area (Å²) in [4.78, 5) is 26.4. The molecule has 2 aromatic rings. The molecule has 1 N–H and O–H groups in total. The summed E-state index contributed by atoms with van der Waals surface area (Å²) in [5.41, 5.74) is 1.67. The Bertz CT molecular complexity index is 1000. The molecule has 3 aliphatic heterocycles. The molecule has 0 saturated carbocycles. The van der Waals surface area contributed by atoms with Crippen molar-refractivity contribution >= 4 is 23.8 Å². The average Bonchev–Trinajstić information content (AvgIpc) is 3.21. The van der Waals surface area contributed by atoms with Crippen molar-refractivity contribution in [1.29, 1.82) is 0 Å². The van der Waals surface area contributed by atoms with Gasteiger partial charge < -0.3 is 19.7 Å². The highest BCUT2D eigenvalue weighted by atomic mass is 16.5. The molecule has 0 radical (unpaired) electrons. The fourth-order valence-corrected chi connectivity index (χ4v) is 3.82. The number of rotatable bonds is 3. The van der Waals surface area contributed by atoms with Crippen molar-refractivity contribution in [1.82, 2.24) is 9.91 Å². The Balaban J connectivity index is 1.19. The highest BCUT2D eigenvalue weighted by Gasteiger charge is 2.39. The number of hydrogen-bond donors (Lipinski definition) is 1. The second-order valence-electron chi connectivity index (χ2n) is 7.64. The number of likely N-dealkylation sites (tertiary alicyclic amines) is 1. The summed E-state index contributed by atoms with van der Waals surface area (Å²) in [5, 5.41) is 8.66. The maximum absolute atomic E-state index is 12.9. The lowest BCUT2D eigenvalue weighted by Crippen LogP contribution is -2.58. The van der Waals surface area contributed by atoms with Crippen LogP contribution in [0.2, 0.25) is 0 Å². The minimum atomic E-state index is -0.511. The van der Waals surface area contributed by atoms with E-state index in [1.54, 1.807) is 35.2 Å². The van der Waals surface area contributed by atoms with Crippen molar-refractivity contribution in [3.63, 3.8) is 0 Å². The maximum atomic E-state index is 12.9. The Morgan fingerprint density at radius 3 is 2.80 bits per heavy atom. The molecule has 3 aliphatic rings. The zero-order chi connectivity index (χ0) is 20.7. The van der Waals surface area contributed by atoms with Crippen LogP contribution in [0, 0.1) is 0 Å². The van der Waals surface area contributed by atoms with Crippen LogP contribution >= 0.6 is 0 Å². The fourth-order valence-electron chi connectivity index (χ4n) is 3.82. The number of hydrazone groups is 1. The van der Waals surface area contributed by atoms with Gasteiger partial charge in [0.1, 0.15) is 17.6 Å². The zero-order valence-electron chi connectivity index (χ0n) is 16.5. The topological polar surface area (TPSA) is 83.5 Å². The molecule has 2 unspecified atom stereocenters. The third-order valence-electron chi connectivity index (χ3n) is 5.51. The first kappa shape index (κ1) is 18.5. The van der Waals surface area contributed by atoms with Crippen molar-refractivity contribution in [3.8, 4) is 11.5 Å². The molecule has 5 rings (SSSR count). The average molecular weight is 406 g/mol. The van der Waals surface area contributed by atoms with E-state index in [2.05, 4.69) is 10.4 Å². The number of fused-ring (bicyclic) bond motifs is 1. The van der Waals surface area contributed by atoms with Crippen LogP contribution in [0.15, 0.2) is 53.6 Å².